The molecule has 0 saturated carbocycles. The third-order valence-corrected chi connectivity index (χ3v) is 3.68. The maximum Gasteiger partial charge on any atom is 0.280 e. The van der Waals surface area contributed by atoms with Gasteiger partial charge in [-0.3, -0.25) is 14.3 Å². The lowest BCUT2D eigenvalue weighted by molar-refractivity contribution is -0.0384. The molecule has 9 heteroatoms. The normalized spacial score (nSPS) is 28.8. The Labute approximate surface area is 119 Å². The van der Waals surface area contributed by atoms with Crippen LogP contribution in [0.4, 0.5) is 5.95 Å². The molecule has 3 atom stereocenters. The van der Waals surface area contributed by atoms with Crippen molar-refractivity contribution in [2.75, 3.05) is 12.3 Å². The highest BCUT2D eigenvalue weighted by Crippen LogP contribution is 2.45. The molecular weight excluding hydrogens is 276 g/mol. The molecule has 21 heavy (non-hydrogen) atoms. The van der Waals surface area contributed by atoms with Gasteiger partial charge >= 0.3 is 0 Å². The van der Waals surface area contributed by atoms with Crippen molar-refractivity contribution >= 4 is 17.1 Å². The van der Waals surface area contributed by atoms with Crippen molar-refractivity contribution in [3.05, 3.63) is 16.7 Å². The minimum absolute atomic E-state index is 0.0374. The summed E-state index contributed by atoms with van der Waals surface area (Å²) in [6.45, 7) is 1.55. The Hall–Kier alpha value is -2.44. The van der Waals surface area contributed by atoms with Crippen LogP contribution in [0.1, 0.15) is 19.6 Å². The number of fused-ring (bicyclic) bond motifs is 1. The molecule has 1 aliphatic rings. The molecule has 1 saturated heterocycles. The molecule has 3 rings (SSSR count). The van der Waals surface area contributed by atoms with Crippen molar-refractivity contribution in [2.45, 2.75) is 25.7 Å². The van der Waals surface area contributed by atoms with E-state index in [9.17, 15) is 15.2 Å². The van der Waals surface area contributed by atoms with E-state index in [1.165, 1.54) is 10.9 Å². The van der Waals surface area contributed by atoms with Gasteiger partial charge in [0.25, 0.3) is 5.56 Å². The maximum atomic E-state index is 11.8. The topological polar surface area (TPSA) is 143 Å². The second-order valence-electron chi connectivity index (χ2n) is 5.30. The van der Waals surface area contributed by atoms with Crippen LogP contribution in [0.5, 0.6) is 0 Å². The number of aromatic nitrogens is 4. The van der Waals surface area contributed by atoms with E-state index in [-0.39, 0.29) is 23.7 Å². The number of hydrogen-bond acceptors (Lipinski definition) is 7. The molecule has 3 heterocycles. The average Bonchev–Trinajstić information content (AvgIpc) is 3.00. The van der Waals surface area contributed by atoms with Gasteiger partial charge in [0.1, 0.15) is 5.41 Å². The van der Waals surface area contributed by atoms with Gasteiger partial charge in [0.2, 0.25) is 5.95 Å². The van der Waals surface area contributed by atoms with E-state index in [4.69, 9.17) is 10.5 Å². The Morgan fingerprint density at radius 2 is 2.52 bits per heavy atom. The molecule has 0 amide bonds. The molecule has 4 N–H and O–H groups in total. The predicted molar refractivity (Wildman–Crippen MR) is 71.9 cm³/mol. The first kappa shape index (κ1) is 13.5. The van der Waals surface area contributed by atoms with Crippen molar-refractivity contribution in [2.24, 2.45) is 5.41 Å². The van der Waals surface area contributed by atoms with Gasteiger partial charge in [0.15, 0.2) is 17.4 Å². The molecule has 0 aromatic carbocycles. The summed E-state index contributed by atoms with van der Waals surface area (Å²) in [6, 6.07) is 2.21. The van der Waals surface area contributed by atoms with Crippen molar-refractivity contribution in [1.82, 2.24) is 19.5 Å². The number of nitrogen functional groups attached to an aromatic ring is 1. The zero-order valence-corrected chi connectivity index (χ0v) is 11.3. The van der Waals surface area contributed by atoms with E-state index in [1.807, 2.05) is 0 Å². The number of ether oxygens (including phenoxy) is 1. The van der Waals surface area contributed by atoms with Crippen LogP contribution in [0.2, 0.25) is 0 Å². The van der Waals surface area contributed by atoms with E-state index < -0.39 is 23.3 Å². The largest absolute Gasteiger partial charge is 0.394 e. The Balaban J connectivity index is 2.16. The third-order valence-electron chi connectivity index (χ3n) is 3.68. The molecule has 0 bridgehead atoms. The lowest BCUT2D eigenvalue weighted by Crippen LogP contribution is -2.24. The number of anilines is 1. The number of aliphatic hydroxyl groups is 1. The summed E-state index contributed by atoms with van der Waals surface area (Å²) in [6.07, 6.45) is 0.629. The van der Waals surface area contributed by atoms with E-state index in [0.29, 0.717) is 6.42 Å². The van der Waals surface area contributed by atoms with Gasteiger partial charge in [0, 0.05) is 0 Å². The molecule has 2 aromatic heterocycles. The zero-order chi connectivity index (χ0) is 15.2. The first-order valence-electron chi connectivity index (χ1n) is 6.38. The second kappa shape index (κ2) is 4.54. The summed E-state index contributed by atoms with van der Waals surface area (Å²) in [5.74, 6) is -0.0374. The number of hydrogen-bond donors (Lipinski definition) is 3. The lowest BCUT2D eigenvalue weighted by atomic mass is 9.87. The van der Waals surface area contributed by atoms with Crippen molar-refractivity contribution in [1.29, 1.82) is 5.26 Å². The fourth-order valence-corrected chi connectivity index (χ4v) is 2.65. The molecule has 9 nitrogen and oxygen atoms in total. The van der Waals surface area contributed by atoms with Crippen molar-refractivity contribution in [3.63, 3.8) is 0 Å². The number of imidazole rings is 1. The van der Waals surface area contributed by atoms with Crippen molar-refractivity contribution < 1.29 is 9.84 Å². The lowest BCUT2D eigenvalue weighted by Gasteiger charge is -2.23. The minimum Gasteiger partial charge on any atom is -0.394 e. The van der Waals surface area contributed by atoms with Gasteiger partial charge in [0.05, 0.1) is 25.1 Å². The summed E-state index contributed by atoms with van der Waals surface area (Å²) in [7, 11) is 0. The third kappa shape index (κ3) is 1.96. The Kier molecular flexibility index (Phi) is 2.93. The molecule has 0 unspecified atom stereocenters. The highest BCUT2D eigenvalue weighted by atomic mass is 16.5. The standard InChI is InChI=1S/C12H14N6O3/c1-12(4-13)2-6(3-19)21-10(12)18-5-15-7-8(18)16-11(14)17-9(7)20/h5-6,10,19H,2-3H2,1H3,(H3,14,16,17,20)/t6-,10+,12-/m0/s1. The molecule has 0 radical (unpaired) electrons. The SMILES string of the molecule is C[C@@]1(C#N)C[C@@H](CO)O[C@H]1n1cnc2c(=O)[nH]c(N)nc21. The molecule has 110 valence electrons. The van der Waals surface area contributed by atoms with E-state index in [0.717, 1.165) is 0 Å². The fraction of sp³-hybridized carbons (Fsp3) is 0.500. The highest BCUT2D eigenvalue weighted by molar-refractivity contribution is 5.70. The Morgan fingerprint density at radius 3 is 3.19 bits per heavy atom. The van der Waals surface area contributed by atoms with Gasteiger partial charge in [-0.25, -0.2) is 4.98 Å². The Morgan fingerprint density at radius 1 is 1.76 bits per heavy atom. The second-order valence-corrected chi connectivity index (χ2v) is 5.30. The van der Waals surface area contributed by atoms with Crippen LogP contribution in [-0.4, -0.2) is 37.3 Å². The predicted octanol–water partition coefficient (Wildman–Crippen LogP) is -0.489. The van der Waals surface area contributed by atoms with E-state index >= 15 is 0 Å². The smallest absolute Gasteiger partial charge is 0.280 e. The molecule has 0 aliphatic carbocycles. The Bertz CT molecular complexity index is 790. The number of H-pyrrole nitrogens is 1. The molecule has 2 aromatic rings. The number of aliphatic hydroxyl groups excluding tert-OH is 1. The number of nitriles is 1. The first-order chi connectivity index (χ1) is 9.98. The van der Waals surface area contributed by atoms with Crippen LogP contribution in [-0.2, 0) is 4.74 Å². The van der Waals surface area contributed by atoms with Gasteiger partial charge in [-0.1, -0.05) is 0 Å². The number of nitrogens with two attached hydrogens (primary N) is 1. The summed E-state index contributed by atoms with van der Waals surface area (Å²) < 4.78 is 7.22. The quantitative estimate of drug-likeness (QED) is 0.677. The molecule has 0 spiro atoms. The van der Waals surface area contributed by atoms with Crippen LogP contribution < -0.4 is 11.3 Å². The van der Waals surface area contributed by atoms with Crippen LogP contribution >= 0.6 is 0 Å². The van der Waals surface area contributed by atoms with Gasteiger partial charge in [-0.15, -0.1) is 0 Å². The summed E-state index contributed by atoms with van der Waals surface area (Å²) in [4.78, 5) is 22.2. The fourth-order valence-electron chi connectivity index (χ4n) is 2.65. The number of nitrogens with zero attached hydrogens (tertiary/aromatic N) is 4. The average molecular weight is 290 g/mol. The van der Waals surface area contributed by atoms with Gasteiger partial charge in [-0.2, -0.15) is 10.2 Å². The number of aromatic amines is 1. The number of rotatable bonds is 2. The monoisotopic (exact) mass is 290 g/mol. The van der Waals surface area contributed by atoms with Crippen molar-refractivity contribution in [3.8, 4) is 6.07 Å². The van der Waals surface area contributed by atoms with Crippen LogP contribution in [0.3, 0.4) is 0 Å². The zero-order valence-electron chi connectivity index (χ0n) is 11.3. The summed E-state index contributed by atoms with van der Waals surface area (Å²) in [5.41, 5.74) is 4.61. The number of nitrogens with one attached hydrogen (secondary N) is 1. The minimum atomic E-state index is -0.861. The summed E-state index contributed by atoms with van der Waals surface area (Å²) in [5, 5.41) is 18.7. The van der Waals surface area contributed by atoms with E-state index in [2.05, 4.69) is 21.0 Å². The van der Waals surface area contributed by atoms with Crippen LogP contribution in [0.25, 0.3) is 11.2 Å². The molecule has 1 fully saturated rings. The first-order valence-corrected chi connectivity index (χ1v) is 6.38. The highest BCUT2D eigenvalue weighted by Gasteiger charge is 2.47. The maximum absolute atomic E-state index is 11.8. The molecule has 1 aliphatic heterocycles. The molecular formula is C12H14N6O3. The van der Waals surface area contributed by atoms with Gasteiger partial charge < -0.3 is 15.6 Å². The van der Waals surface area contributed by atoms with Crippen LogP contribution in [0.15, 0.2) is 11.1 Å². The van der Waals surface area contributed by atoms with Crippen LogP contribution in [0, 0.1) is 16.7 Å². The summed E-state index contributed by atoms with van der Waals surface area (Å²) >= 11 is 0. The van der Waals surface area contributed by atoms with Gasteiger partial charge in [-0.05, 0) is 13.3 Å². The van der Waals surface area contributed by atoms with E-state index in [1.54, 1.807) is 6.92 Å².